The number of ether oxygens (including phenoxy) is 1. The van der Waals surface area contributed by atoms with Crippen LogP contribution in [0, 0.1) is 6.92 Å². The fourth-order valence-electron chi connectivity index (χ4n) is 3.16. The Labute approximate surface area is 146 Å². The van der Waals surface area contributed by atoms with Gasteiger partial charge in [0.15, 0.2) is 11.6 Å². The van der Waals surface area contributed by atoms with Crippen molar-refractivity contribution in [1.29, 1.82) is 0 Å². The second-order valence-corrected chi connectivity index (χ2v) is 6.42. The number of pyridine rings is 1. The molecule has 1 unspecified atom stereocenters. The molecule has 4 heterocycles. The predicted octanol–water partition coefficient (Wildman–Crippen LogP) is 1.55. The van der Waals surface area contributed by atoms with Gasteiger partial charge in [-0.05, 0) is 19.1 Å². The third-order valence-corrected chi connectivity index (χ3v) is 4.30. The summed E-state index contributed by atoms with van der Waals surface area (Å²) in [5.41, 5.74) is 0.932. The minimum Gasteiger partial charge on any atom is -0.485 e. The summed E-state index contributed by atoms with van der Waals surface area (Å²) < 4.78 is 8.02. The van der Waals surface area contributed by atoms with Crippen LogP contribution in [0.2, 0.25) is 0 Å². The van der Waals surface area contributed by atoms with E-state index in [4.69, 9.17) is 4.74 Å². The van der Waals surface area contributed by atoms with E-state index < -0.39 is 0 Å². The second-order valence-electron chi connectivity index (χ2n) is 6.42. The molecule has 0 bridgehead atoms. The Balaban J connectivity index is 1.55. The summed E-state index contributed by atoms with van der Waals surface area (Å²) >= 11 is 0. The second kappa shape index (κ2) is 6.19. The van der Waals surface area contributed by atoms with Gasteiger partial charge in [-0.3, -0.25) is 0 Å². The highest BCUT2D eigenvalue weighted by molar-refractivity contribution is 5.51. The highest BCUT2D eigenvalue weighted by Gasteiger charge is 2.27. The van der Waals surface area contributed by atoms with Gasteiger partial charge in [0.25, 0.3) is 5.78 Å². The number of fused-ring (bicyclic) bond motifs is 1. The predicted molar refractivity (Wildman–Crippen MR) is 95.3 cm³/mol. The van der Waals surface area contributed by atoms with Crippen molar-refractivity contribution in [2.45, 2.75) is 19.4 Å². The van der Waals surface area contributed by atoms with Crippen LogP contribution >= 0.6 is 0 Å². The highest BCUT2D eigenvalue weighted by atomic mass is 16.5. The molecule has 8 nitrogen and oxygen atoms in total. The largest absolute Gasteiger partial charge is 0.485 e. The van der Waals surface area contributed by atoms with Gasteiger partial charge < -0.3 is 14.5 Å². The van der Waals surface area contributed by atoms with Crippen LogP contribution in [0.4, 0.5) is 11.6 Å². The molecule has 1 fully saturated rings. The third-order valence-electron chi connectivity index (χ3n) is 4.30. The number of rotatable bonds is 4. The quantitative estimate of drug-likeness (QED) is 0.714. The van der Waals surface area contributed by atoms with Crippen molar-refractivity contribution in [3.8, 4) is 5.75 Å². The van der Waals surface area contributed by atoms with Gasteiger partial charge in [-0.1, -0.05) is 0 Å². The van der Waals surface area contributed by atoms with Crippen LogP contribution in [0.15, 0.2) is 30.7 Å². The lowest BCUT2D eigenvalue weighted by molar-refractivity contribution is 0.225. The molecule has 1 saturated heterocycles. The first-order valence-corrected chi connectivity index (χ1v) is 8.33. The van der Waals surface area contributed by atoms with E-state index in [2.05, 4.69) is 25.0 Å². The van der Waals surface area contributed by atoms with Crippen LogP contribution in [0.1, 0.15) is 12.1 Å². The standard InChI is InChI=1S/C17H21N7O/c1-12-9-15(24-17(21-12)19-11-20-24)23-8-6-13(10-23)25-14-5-4-7-18-16(14)22(2)3/h4-5,7,9,11,13H,6,8,10H2,1-3H3. The maximum absolute atomic E-state index is 6.24. The zero-order valence-electron chi connectivity index (χ0n) is 14.6. The summed E-state index contributed by atoms with van der Waals surface area (Å²) in [4.78, 5) is 17.2. The van der Waals surface area contributed by atoms with E-state index in [1.165, 1.54) is 6.33 Å². The lowest BCUT2D eigenvalue weighted by atomic mass is 10.3. The average Bonchev–Trinajstić information content (AvgIpc) is 3.23. The molecule has 1 aliphatic heterocycles. The molecule has 8 heteroatoms. The van der Waals surface area contributed by atoms with Gasteiger partial charge in [-0.2, -0.15) is 14.6 Å². The van der Waals surface area contributed by atoms with Crippen molar-refractivity contribution in [2.75, 3.05) is 37.0 Å². The Morgan fingerprint density at radius 1 is 1.28 bits per heavy atom. The van der Waals surface area contributed by atoms with Gasteiger partial charge in [-0.25, -0.2) is 9.97 Å². The molecule has 0 aromatic carbocycles. The molecule has 25 heavy (non-hydrogen) atoms. The summed E-state index contributed by atoms with van der Waals surface area (Å²) in [5, 5.41) is 4.29. The van der Waals surface area contributed by atoms with Gasteiger partial charge in [0.1, 0.15) is 18.2 Å². The minimum absolute atomic E-state index is 0.106. The number of anilines is 2. The van der Waals surface area contributed by atoms with E-state index in [0.29, 0.717) is 5.78 Å². The van der Waals surface area contributed by atoms with Crippen molar-refractivity contribution in [1.82, 2.24) is 24.6 Å². The monoisotopic (exact) mass is 339 g/mol. The molecule has 4 rings (SSSR count). The fourth-order valence-corrected chi connectivity index (χ4v) is 3.16. The molecule has 0 saturated carbocycles. The minimum atomic E-state index is 0.106. The Morgan fingerprint density at radius 3 is 3.00 bits per heavy atom. The van der Waals surface area contributed by atoms with Crippen molar-refractivity contribution in [2.24, 2.45) is 0 Å². The normalized spacial score (nSPS) is 17.2. The first-order valence-electron chi connectivity index (χ1n) is 8.33. The topological polar surface area (TPSA) is 71.7 Å². The molecule has 3 aromatic heterocycles. The maximum atomic E-state index is 6.24. The average molecular weight is 339 g/mol. The van der Waals surface area contributed by atoms with E-state index >= 15 is 0 Å². The summed E-state index contributed by atoms with van der Waals surface area (Å²) in [7, 11) is 3.94. The lowest BCUT2D eigenvalue weighted by Gasteiger charge is -2.21. The van der Waals surface area contributed by atoms with Crippen LogP contribution < -0.4 is 14.5 Å². The Kier molecular flexibility index (Phi) is 3.87. The summed E-state index contributed by atoms with van der Waals surface area (Å²) in [6, 6.07) is 5.91. The van der Waals surface area contributed by atoms with Crippen molar-refractivity contribution >= 4 is 17.4 Å². The van der Waals surface area contributed by atoms with Crippen molar-refractivity contribution < 1.29 is 4.74 Å². The Hall–Kier alpha value is -2.90. The fraction of sp³-hybridized carbons (Fsp3) is 0.412. The van der Waals surface area contributed by atoms with Gasteiger partial charge in [0, 0.05) is 45.0 Å². The molecule has 0 N–H and O–H groups in total. The van der Waals surface area contributed by atoms with Crippen LogP contribution in [-0.4, -0.2) is 57.9 Å². The molecule has 0 radical (unpaired) electrons. The summed E-state index contributed by atoms with van der Waals surface area (Å²) in [6.07, 6.45) is 4.37. The Bertz CT molecular complexity index is 892. The van der Waals surface area contributed by atoms with Crippen LogP contribution in [-0.2, 0) is 0 Å². The van der Waals surface area contributed by atoms with E-state index in [9.17, 15) is 0 Å². The molecule has 3 aromatic rings. The zero-order chi connectivity index (χ0) is 17.4. The van der Waals surface area contributed by atoms with Crippen LogP contribution in [0.5, 0.6) is 5.75 Å². The van der Waals surface area contributed by atoms with Gasteiger partial charge in [0.05, 0.1) is 6.54 Å². The molecule has 1 atom stereocenters. The number of hydrogen-bond donors (Lipinski definition) is 0. The molecule has 130 valence electrons. The van der Waals surface area contributed by atoms with Gasteiger partial charge in [-0.15, -0.1) is 0 Å². The first kappa shape index (κ1) is 15.6. The number of aryl methyl sites for hydroxylation is 1. The SMILES string of the molecule is Cc1cc(N2CCC(Oc3cccnc3N(C)C)C2)n2ncnc2n1. The van der Waals surface area contributed by atoms with Crippen molar-refractivity contribution in [3.63, 3.8) is 0 Å². The third kappa shape index (κ3) is 2.95. The van der Waals surface area contributed by atoms with Crippen molar-refractivity contribution in [3.05, 3.63) is 36.4 Å². The van der Waals surface area contributed by atoms with Crippen LogP contribution in [0.25, 0.3) is 5.78 Å². The van der Waals surface area contributed by atoms with E-state index in [1.54, 1.807) is 10.7 Å². The smallest absolute Gasteiger partial charge is 0.254 e. The van der Waals surface area contributed by atoms with Gasteiger partial charge in [0.2, 0.25) is 0 Å². The molecule has 1 aliphatic rings. The van der Waals surface area contributed by atoms with E-state index in [1.807, 2.05) is 44.1 Å². The summed E-state index contributed by atoms with van der Waals surface area (Å²) in [6.45, 7) is 3.67. The van der Waals surface area contributed by atoms with Crippen LogP contribution in [0.3, 0.4) is 0 Å². The Morgan fingerprint density at radius 2 is 2.16 bits per heavy atom. The molecule has 0 spiro atoms. The molecule has 0 aliphatic carbocycles. The number of nitrogens with zero attached hydrogens (tertiary/aromatic N) is 7. The maximum Gasteiger partial charge on any atom is 0.254 e. The summed E-state index contributed by atoms with van der Waals surface area (Å²) in [5.74, 6) is 3.29. The lowest BCUT2D eigenvalue weighted by Crippen LogP contribution is -2.27. The van der Waals surface area contributed by atoms with E-state index in [0.717, 1.165) is 42.6 Å². The van der Waals surface area contributed by atoms with E-state index in [-0.39, 0.29) is 6.10 Å². The molecular formula is C17H21N7O. The first-order chi connectivity index (χ1) is 12.1. The number of hydrogen-bond acceptors (Lipinski definition) is 7. The highest BCUT2D eigenvalue weighted by Crippen LogP contribution is 2.28. The molecular weight excluding hydrogens is 318 g/mol. The number of aromatic nitrogens is 5. The molecule has 0 amide bonds. The van der Waals surface area contributed by atoms with Gasteiger partial charge >= 0.3 is 0 Å². The zero-order valence-corrected chi connectivity index (χ0v) is 14.6.